The van der Waals surface area contributed by atoms with Gasteiger partial charge in [-0.05, 0) is 109 Å². The van der Waals surface area contributed by atoms with Crippen LogP contribution in [0.5, 0.6) is 0 Å². The summed E-state index contributed by atoms with van der Waals surface area (Å²) in [5, 5.41) is 18.9. The highest BCUT2D eigenvalue weighted by Crippen LogP contribution is 2.45. The highest BCUT2D eigenvalue weighted by Gasteiger charge is 2.22. The maximum absolute atomic E-state index is 9.68. The molecule has 0 radical (unpaired) electrons. The van der Waals surface area contributed by atoms with E-state index in [1.807, 2.05) is 29.5 Å². The van der Waals surface area contributed by atoms with Crippen molar-refractivity contribution >= 4 is 103 Å². The number of benzene rings is 8. The molecule has 0 bridgehead atoms. The number of thiophene rings is 1. The van der Waals surface area contributed by atoms with Gasteiger partial charge in [-0.25, -0.2) is 4.85 Å². The fraction of sp³-hybridized carbons (Fsp3) is 0. The lowest BCUT2D eigenvalue weighted by molar-refractivity contribution is 1.17. The molecule has 56 heavy (non-hydrogen) atoms. The molecule has 0 aliphatic carbocycles. The number of nitrogens with zero attached hydrogens (tertiary/aromatic N) is 5. The zero-order valence-electron chi connectivity index (χ0n) is 29.7. The molecule has 0 aliphatic rings. The molecule has 0 N–H and O–H groups in total. The summed E-state index contributed by atoms with van der Waals surface area (Å²) in [6.07, 6.45) is 0. The number of fused-ring (bicyclic) bond motifs is 13. The van der Waals surface area contributed by atoms with Crippen molar-refractivity contribution in [2.45, 2.75) is 0 Å². The van der Waals surface area contributed by atoms with E-state index in [1.165, 1.54) is 30.9 Å². The highest BCUT2D eigenvalue weighted by molar-refractivity contribution is 7.25. The lowest BCUT2D eigenvalue weighted by atomic mass is 10.0. The molecule has 0 amide bonds. The number of para-hydroxylation sites is 3. The molecule has 6 heteroatoms. The molecule has 12 rings (SSSR count). The molecular weight excluding hydrogens is 703 g/mol. The Labute approximate surface area is 324 Å². The van der Waals surface area contributed by atoms with Crippen LogP contribution in [0.2, 0.25) is 0 Å². The Morgan fingerprint density at radius 3 is 1.66 bits per heavy atom. The van der Waals surface area contributed by atoms with E-state index in [2.05, 4.69) is 170 Å². The van der Waals surface area contributed by atoms with Gasteiger partial charge in [-0.2, -0.15) is 5.26 Å². The predicted octanol–water partition coefficient (Wildman–Crippen LogP) is 13.8. The predicted molar refractivity (Wildman–Crippen MR) is 233 cm³/mol. The van der Waals surface area contributed by atoms with Crippen molar-refractivity contribution < 1.29 is 0 Å². The van der Waals surface area contributed by atoms with Crippen LogP contribution in [0.1, 0.15) is 5.56 Å². The van der Waals surface area contributed by atoms with Gasteiger partial charge in [0.05, 0.1) is 51.3 Å². The number of hydrogen-bond acceptors (Lipinski definition) is 2. The smallest absolute Gasteiger partial charge is 0.188 e. The lowest BCUT2D eigenvalue weighted by Gasteiger charge is -2.10. The van der Waals surface area contributed by atoms with Crippen molar-refractivity contribution in [3.63, 3.8) is 0 Å². The average Bonchev–Trinajstić information content (AvgIpc) is 3.99. The van der Waals surface area contributed by atoms with Crippen molar-refractivity contribution in [3.8, 4) is 23.1 Å². The monoisotopic (exact) mass is 729 g/mol. The van der Waals surface area contributed by atoms with E-state index >= 15 is 0 Å². The molecule has 12 aromatic rings. The Kier molecular flexibility index (Phi) is 6.28. The summed E-state index contributed by atoms with van der Waals surface area (Å²) in [5.74, 6) is 0. The zero-order chi connectivity index (χ0) is 37.1. The minimum Gasteiger partial charge on any atom is -0.309 e. The maximum atomic E-state index is 9.68. The summed E-state index contributed by atoms with van der Waals surface area (Å²) in [7, 11) is 0. The Balaban J connectivity index is 1.13. The molecular formula is C50H27N5S. The van der Waals surface area contributed by atoms with Crippen molar-refractivity contribution in [2.75, 3.05) is 0 Å². The molecule has 0 unspecified atom stereocenters. The molecule has 258 valence electrons. The zero-order valence-corrected chi connectivity index (χ0v) is 30.5. The second-order valence-corrected chi connectivity index (χ2v) is 15.4. The molecule has 0 aliphatic heterocycles. The van der Waals surface area contributed by atoms with Crippen LogP contribution in [0.3, 0.4) is 0 Å². The van der Waals surface area contributed by atoms with Gasteiger partial charge in [0, 0.05) is 64.2 Å². The minimum absolute atomic E-state index is 0.626. The van der Waals surface area contributed by atoms with Crippen LogP contribution in [-0.2, 0) is 0 Å². The summed E-state index contributed by atoms with van der Waals surface area (Å²) in [6, 6.07) is 60.1. The first-order valence-corrected chi connectivity index (χ1v) is 19.3. The normalized spacial score (nSPS) is 11.9. The number of nitriles is 1. The van der Waals surface area contributed by atoms with Gasteiger partial charge in [-0.15, -0.1) is 11.3 Å². The minimum atomic E-state index is 0.626. The average molecular weight is 730 g/mol. The third-order valence-electron chi connectivity index (χ3n) is 11.4. The van der Waals surface area contributed by atoms with Gasteiger partial charge < -0.3 is 13.7 Å². The van der Waals surface area contributed by atoms with Crippen LogP contribution in [-0.4, -0.2) is 13.7 Å². The summed E-state index contributed by atoms with van der Waals surface area (Å²) < 4.78 is 9.50. The van der Waals surface area contributed by atoms with Gasteiger partial charge >= 0.3 is 0 Å². The van der Waals surface area contributed by atoms with Crippen molar-refractivity contribution in [2.24, 2.45) is 0 Å². The van der Waals surface area contributed by atoms with Crippen molar-refractivity contribution in [3.05, 3.63) is 181 Å². The van der Waals surface area contributed by atoms with Crippen LogP contribution in [0.25, 0.3) is 107 Å². The van der Waals surface area contributed by atoms with Crippen molar-refractivity contribution in [1.29, 1.82) is 5.26 Å². The van der Waals surface area contributed by atoms with E-state index in [4.69, 9.17) is 6.57 Å². The maximum Gasteiger partial charge on any atom is 0.188 e. The fourth-order valence-corrected chi connectivity index (χ4v) is 10.2. The van der Waals surface area contributed by atoms with E-state index in [0.29, 0.717) is 11.3 Å². The van der Waals surface area contributed by atoms with Crippen LogP contribution in [0.4, 0.5) is 5.69 Å². The second kappa shape index (κ2) is 11.4. The first-order valence-electron chi connectivity index (χ1n) is 18.5. The van der Waals surface area contributed by atoms with Gasteiger partial charge in [0.2, 0.25) is 0 Å². The first kappa shape index (κ1) is 30.8. The standard InChI is InChI=1S/C50H27N5S/c1-52-31-16-20-44-40(26-31)50-46(22-21-45-49(50)36-12-6-8-14-42(36)53(45)32-9-3-2-4-10-32)55(44)34-18-24-48-39(28-34)38-27-33(17-23-47(38)56-48)54-41-13-7-5-11-35(41)37-25-30(29-51)15-19-43(37)54/h2-28H. The third-order valence-corrected chi connectivity index (χ3v) is 12.6. The first-order chi connectivity index (χ1) is 27.7. The number of aromatic nitrogens is 3. The summed E-state index contributed by atoms with van der Waals surface area (Å²) in [6.45, 7) is 7.93. The molecule has 8 aromatic carbocycles. The largest absolute Gasteiger partial charge is 0.309 e. The van der Waals surface area contributed by atoms with Crippen molar-refractivity contribution in [1.82, 2.24) is 13.7 Å². The van der Waals surface area contributed by atoms with Gasteiger partial charge in [-0.3, -0.25) is 0 Å². The molecule has 0 saturated heterocycles. The van der Waals surface area contributed by atoms with E-state index < -0.39 is 0 Å². The quantitative estimate of drug-likeness (QED) is 0.167. The molecule has 0 spiro atoms. The molecule has 0 atom stereocenters. The van der Waals surface area contributed by atoms with Gasteiger partial charge in [0.25, 0.3) is 0 Å². The Bertz CT molecular complexity index is 3730. The molecule has 4 aromatic heterocycles. The Morgan fingerprint density at radius 2 is 0.964 bits per heavy atom. The van der Waals surface area contributed by atoms with Gasteiger partial charge in [0.15, 0.2) is 5.69 Å². The van der Waals surface area contributed by atoms with E-state index in [0.717, 1.165) is 71.7 Å². The van der Waals surface area contributed by atoms with Gasteiger partial charge in [-0.1, -0.05) is 60.7 Å². The van der Waals surface area contributed by atoms with Crippen LogP contribution in [0.15, 0.2) is 164 Å². The van der Waals surface area contributed by atoms with E-state index in [1.54, 1.807) is 0 Å². The molecule has 4 heterocycles. The SMILES string of the molecule is [C-]#[N+]c1ccc2c(c1)c1c3c4ccccc4n(-c4ccccc4)c3ccc1n2-c1ccc2sc3ccc(-n4c5ccccc5c5cc(C#N)ccc54)cc3c2c1. The number of hydrogen-bond donors (Lipinski definition) is 0. The summed E-state index contributed by atoms with van der Waals surface area (Å²) >= 11 is 1.81. The number of rotatable bonds is 3. The molecule has 0 saturated carbocycles. The topological polar surface area (TPSA) is 42.9 Å². The van der Waals surface area contributed by atoms with Crippen LogP contribution < -0.4 is 0 Å². The van der Waals surface area contributed by atoms with E-state index in [9.17, 15) is 5.26 Å². The summed E-state index contributed by atoms with van der Waals surface area (Å²) in [5.41, 5.74) is 11.2. The Hall–Kier alpha value is -7.64. The fourth-order valence-electron chi connectivity index (χ4n) is 9.11. The second-order valence-electron chi connectivity index (χ2n) is 14.3. The van der Waals surface area contributed by atoms with Crippen LogP contribution >= 0.6 is 11.3 Å². The van der Waals surface area contributed by atoms with Gasteiger partial charge in [0.1, 0.15) is 0 Å². The Morgan fingerprint density at radius 1 is 0.429 bits per heavy atom. The molecule has 0 fully saturated rings. The molecule has 5 nitrogen and oxygen atoms in total. The van der Waals surface area contributed by atoms with Crippen LogP contribution in [0, 0.1) is 17.9 Å². The summed E-state index contributed by atoms with van der Waals surface area (Å²) in [4.78, 5) is 3.87. The lowest BCUT2D eigenvalue weighted by Crippen LogP contribution is -1.95. The highest BCUT2D eigenvalue weighted by atomic mass is 32.1. The third kappa shape index (κ3) is 4.16. The van der Waals surface area contributed by atoms with E-state index in [-0.39, 0.29) is 0 Å².